The summed E-state index contributed by atoms with van der Waals surface area (Å²) in [6.45, 7) is 4.20. The van der Waals surface area contributed by atoms with Crippen molar-refractivity contribution in [3.8, 4) is 0 Å². The van der Waals surface area contributed by atoms with E-state index >= 15 is 0 Å². The molecule has 0 aliphatic heterocycles. The van der Waals surface area contributed by atoms with Gasteiger partial charge in [-0.2, -0.15) is 0 Å². The Hall–Kier alpha value is 0.190. The van der Waals surface area contributed by atoms with E-state index < -0.39 is 0 Å². The van der Waals surface area contributed by atoms with Gasteiger partial charge in [-0.25, -0.2) is 0 Å². The first-order chi connectivity index (χ1) is 7.95. The number of alkyl halides is 1. The second-order valence-corrected chi connectivity index (χ2v) is 6.25. The van der Waals surface area contributed by atoms with Crippen LogP contribution >= 0.6 is 50.1 Å². The summed E-state index contributed by atoms with van der Waals surface area (Å²) in [5, 5.41) is 3.63. The Labute approximate surface area is 129 Å². The Morgan fingerprint density at radius 2 is 2.18 bits per heavy atom. The van der Waals surface area contributed by atoms with Gasteiger partial charge in [-0.05, 0) is 40.0 Å². The van der Waals surface area contributed by atoms with E-state index in [9.17, 15) is 4.79 Å². The maximum atomic E-state index is 12.0. The third-order valence-corrected chi connectivity index (χ3v) is 4.63. The van der Waals surface area contributed by atoms with E-state index in [2.05, 4.69) is 57.7 Å². The Bertz CT molecular complexity index is 411. The fourth-order valence-electron chi connectivity index (χ4n) is 1.27. The van der Waals surface area contributed by atoms with Crippen LogP contribution < -0.4 is 5.32 Å². The van der Waals surface area contributed by atoms with E-state index in [4.69, 9.17) is 11.6 Å². The standard InChI is InChI=1S/C12H14BrClINO/c1-7(2)11(6-15)16-12(17)8-3-4-10(14)9(13)5-8/h3-5,7,11H,6H2,1-2H3,(H,16,17). The largest absolute Gasteiger partial charge is 0.348 e. The second kappa shape index (κ2) is 6.95. The number of rotatable bonds is 4. The molecule has 0 aliphatic rings. The molecule has 1 unspecified atom stereocenters. The van der Waals surface area contributed by atoms with E-state index in [1.807, 2.05) is 0 Å². The van der Waals surface area contributed by atoms with Crippen molar-refractivity contribution < 1.29 is 4.79 Å². The number of hydrogen-bond acceptors (Lipinski definition) is 1. The predicted octanol–water partition coefficient (Wildman–Crippen LogP) is 4.29. The molecular weight excluding hydrogens is 416 g/mol. The van der Waals surface area contributed by atoms with Crippen molar-refractivity contribution >= 4 is 56.0 Å². The van der Waals surface area contributed by atoms with E-state index in [1.54, 1.807) is 18.2 Å². The van der Waals surface area contributed by atoms with Crippen molar-refractivity contribution in [2.24, 2.45) is 5.92 Å². The van der Waals surface area contributed by atoms with Crippen LogP contribution in [0.15, 0.2) is 22.7 Å². The van der Waals surface area contributed by atoms with E-state index in [0.717, 1.165) is 8.90 Å². The highest BCUT2D eigenvalue weighted by Crippen LogP contribution is 2.23. The second-order valence-electron chi connectivity index (χ2n) is 4.11. The number of hydrogen-bond donors (Lipinski definition) is 1. The minimum Gasteiger partial charge on any atom is -0.348 e. The summed E-state index contributed by atoms with van der Waals surface area (Å²) in [6.07, 6.45) is 0. The smallest absolute Gasteiger partial charge is 0.251 e. The number of carbonyl (C=O) groups is 1. The van der Waals surface area contributed by atoms with Crippen LogP contribution in [-0.2, 0) is 0 Å². The van der Waals surface area contributed by atoms with Gasteiger partial charge in [-0.3, -0.25) is 4.79 Å². The molecule has 0 radical (unpaired) electrons. The van der Waals surface area contributed by atoms with Crippen molar-refractivity contribution in [3.05, 3.63) is 33.3 Å². The molecule has 17 heavy (non-hydrogen) atoms. The summed E-state index contributed by atoms with van der Waals surface area (Å²) in [7, 11) is 0. The minimum atomic E-state index is -0.0577. The number of amides is 1. The average molecular weight is 431 g/mol. The lowest BCUT2D eigenvalue weighted by molar-refractivity contribution is 0.0932. The van der Waals surface area contributed by atoms with E-state index in [-0.39, 0.29) is 11.9 Å². The molecule has 2 nitrogen and oxygen atoms in total. The van der Waals surface area contributed by atoms with Gasteiger partial charge in [-0.1, -0.05) is 48.0 Å². The number of halogens is 3. The molecule has 1 atom stereocenters. The van der Waals surface area contributed by atoms with Gasteiger partial charge in [0.05, 0.1) is 5.02 Å². The number of carbonyl (C=O) groups excluding carboxylic acids is 1. The molecule has 0 fully saturated rings. The first-order valence-corrected chi connectivity index (χ1v) is 7.97. The first-order valence-electron chi connectivity index (χ1n) is 5.27. The molecule has 0 saturated carbocycles. The van der Waals surface area contributed by atoms with E-state index in [0.29, 0.717) is 16.5 Å². The molecule has 0 heterocycles. The van der Waals surface area contributed by atoms with Crippen LogP contribution in [-0.4, -0.2) is 16.4 Å². The van der Waals surface area contributed by atoms with Crippen LogP contribution in [0.3, 0.4) is 0 Å². The Kier molecular flexibility index (Phi) is 6.23. The van der Waals surface area contributed by atoms with Crippen LogP contribution in [0.1, 0.15) is 24.2 Å². The Morgan fingerprint density at radius 1 is 1.53 bits per heavy atom. The zero-order chi connectivity index (χ0) is 13.0. The number of benzene rings is 1. The Morgan fingerprint density at radius 3 is 2.65 bits per heavy atom. The molecule has 0 aromatic heterocycles. The van der Waals surface area contributed by atoms with Gasteiger partial charge in [0.25, 0.3) is 5.91 Å². The molecule has 1 aromatic carbocycles. The summed E-state index contributed by atoms with van der Waals surface area (Å²) in [5.41, 5.74) is 0.622. The maximum Gasteiger partial charge on any atom is 0.251 e. The molecule has 0 bridgehead atoms. The summed E-state index contributed by atoms with van der Waals surface area (Å²) < 4.78 is 1.64. The summed E-state index contributed by atoms with van der Waals surface area (Å²) in [5.74, 6) is 0.365. The van der Waals surface area contributed by atoms with Crippen molar-refractivity contribution in [1.29, 1.82) is 0 Å². The molecule has 94 valence electrons. The van der Waals surface area contributed by atoms with Crippen molar-refractivity contribution in [2.45, 2.75) is 19.9 Å². The monoisotopic (exact) mass is 429 g/mol. The lowest BCUT2D eigenvalue weighted by Gasteiger charge is -2.20. The lowest BCUT2D eigenvalue weighted by Crippen LogP contribution is -2.39. The van der Waals surface area contributed by atoms with Gasteiger partial charge in [0, 0.05) is 20.5 Å². The third-order valence-electron chi connectivity index (χ3n) is 2.47. The van der Waals surface area contributed by atoms with Crippen LogP contribution in [0.25, 0.3) is 0 Å². The minimum absolute atomic E-state index is 0.0577. The highest BCUT2D eigenvalue weighted by Gasteiger charge is 2.16. The molecule has 1 aromatic rings. The summed E-state index contributed by atoms with van der Waals surface area (Å²) >= 11 is 11.5. The highest BCUT2D eigenvalue weighted by molar-refractivity contribution is 14.1. The maximum absolute atomic E-state index is 12.0. The average Bonchev–Trinajstić information content (AvgIpc) is 2.28. The zero-order valence-electron chi connectivity index (χ0n) is 9.64. The summed E-state index contributed by atoms with van der Waals surface area (Å²) in [6, 6.07) is 5.38. The molecule has 1 amide bonds. The fourth-order valence-corrected chi connectivity index (χ4v) is 3.01. The third kappa shape index (κ3) is 4.41. The molecule has 0 aliphatic carbocycles. The molecular formula is C12H14BrClINO. The molecule has 5 heteroatoms. The summed E-state index contributed by atoms with van der Waals surface area (Å²) in [4.78, 5) is 12.0. The quantitative estimate of drug-likeness (QED) is 0.560. The first kappa shape index (κ1) is 15.2. The molecule has 0 spiro atoms. The lowest BCUT2D eigenvalue weighted by atomic mass is 10.1. The van der Waals surface area contributed by atoms with Gasteiger partial charge in [-0.15, -0.1) is 0 Å². The van der Waals surface area contributed by atoms with Crippen LogP contribution in [0.2, 0.25) is 5.02 Å². The SMILES string of the molecule is CC(C)C(CI)NC(=O)c1ccc(Cl)c(Br)c1. The predicted molar refractivity (Wildman–Crippen MR) is 84.1 cm³/mol. The van der Waals surface area contributed by atoms with Gasteiger partial charge < -0.3 is 5.32 Å². The topological polar surface area (TPSA) is 29.1 Å². The highest BCUT2D eigenvalue weighted by atomic mass is 127. The van der Waals surface area contributed by atoms with Crippen molar-refractivity contribution in [1.82, 2.24) is 5.32 Å². The van der Waals surface area contributed by atoms with Gasteiger partial charge in [0.1, 0.15) is 0 Å². The molecule has 1 rings (SSSR count). The zero-order valence-corrected chi connectivity index (χ0v) is 14.1. The Balaban J connectivity index is 2.79. The van der Waals surface area contributed by atoms with E-state index in [1.165, 1.54) is 0 Å². The number of nitrogens with one attached hydrogen (secondary N) is 1. The molecule has 0 saturated heterocycles. The van der Waals surface area contributed by atoms with Crippen LogP contribution in [0.5, 0.6) is 0 Å². The van der Waals surface area contributed by atoms with Crippen LogP contribution in [0, 0.1) is 5.92 Å². The molecule has 1 N–H and O–H groups in total. The van der Waals surface area contributed by atoms with Gasteiger partial charge in [0.15, 0.2) is 0 Å². The van der Waals surface area contributed by atoms with Gasteiger partial charge >= 0.3 is 0 Å². The van der Waals surface area contributed by atoms with Crippen molar-refractivity contribution in [2.75, 3.05) is 4.43 Å². The fraction of sp³-hybridized carbons (Fsp3) is 0.417. The normalized spacial score (nSPS) is 12.6. The van der Waals surface area contributed by atoms with Crippen LogP contribution in [0.4, 0.5) is 0 Å². The van der Waals surface area contributed by atoms with Gasteiger partial charge in [0.2, 0.25) is 0 Å². The van der Waals surface area contributed by atoms with Crippen molar-refractivity contribution in [3.63, 3.8) is 0 Å².